The predicted octanol–water partition coefficient (Wildman–Crippen LogP) is 3.87. The Morgan fingerprint density at radius 3 is 2.69 bits per heavy atom. The van der Waals surface area contributed by atoms with Gasteiger partial charge in [0.05, 0.1) is 4.34 Å². The third kappa shape index (κ3) is 2.32. The van der Waals surface area contributed by atoms with Gasteiger partial charge in [-0.15, -0.1) is 11.3 Å². The summed E-state index contributed by atoms with van der Waals surface area (Å²) in [5.41, 5.74) is 0. The summed E-state index contributed by atoms with van der Waals surface area (Å²) < 4.78 is 6.55. The van der Waals surface area contributed by atoms with Gasteiger partial charge in [-0.2, -0.15) is 0 Å². The lowest BCUT2D eigenvalue weighted by Gasteiger charge is -2.11. The first-order valence-electron chi connectivity index (χ1n) is 5.25. The third-order valence-corrected chi connectivity index (χ3v) is 3.78. The van der Waals surface area contributed by atoms with Crippen molar-refractivity contribution in [2.24, 2.45) is 0 Å². The first-order valence-corrected chi connectivity index (χ1v) is 6.45. The van der Waals surface area contributed by atoms with Crippen molar-refractivity contribution in [1.82, 2.24) is 5.32 Å². The van der Waals surface area contributed by atoms with Crippen molar-refractivity contribution in [2.45, 2.75) is 19.4 Å². The van der Waals surface area contributed by atoms with E-state index in [1.165, 1.54) is 4.88 Å². The largest absolute Gasteiger partial charge is 0.464 e. The van der Waals surface area contributed by atoms with Gasteiger partial charge in [0, 0.05) is 11.3 Å². The van der Waals surface area contributed by atoms with Gasteiger partial charge in [0.2, 0.25) is 0 Å². The van der Waals surface area contributed by atoms with Crippen molar-refractivity contribution >= 4 is 22.9 Å². The molecule has 0 radical (unpaired) electrons. The van der Waals surface area contributed by atoms with Crippen molar-refractivity contribution in [3.8, 4) is 0 Å². The molecule has 1 atom stereocenters. The minimum absolute atomic E-state index is 0.0952. The van der Waals surface area contributed by atoms with Crippen LogP contribution in [0.5, 0.6) is 0 Å². The van der Waals surface area contributed by atoms with Crippen LogP contribution < -0.4 is 5.32 Å². The molecule has 0 fully saturated rings. The number of thiophene rings is 1. The SMILES string of the molecule is CCc1ccc(C(NC)c2ccc(Cl)s2)o1. The molecule has 0 spiro atoms. The molecule has 1 N–H and O–H groups in total. The molecule has 2 nitrogen and oxygen atoms in total. The van der Waals surface area contributed by atoms with Crippen molar-refractivity contribution in [2.75, 3.05) is 7.05 Å². The van der Waals surface area contributed by atoms with E-state index in [0.717, 1.165) is 22.3 Å². The average Bonchev–Trinajstić information content (AvgIpc) is 2.89. The van der Waals surface area contributed by atoms with Gasteiger partial charge in [0.15, 0.2) is 0 Å². The van der Waals surface area contributed by atoms with Crippen LogP contribution in [0.4, 0.5) is 0 Å². The van der Waals surface area contributed by atoms with E-state index < -0.39 is 0 Å². The lowest BCUT2D eigenvalue weighted by Crippen LogP contribution is -2.15. The first-order chi connectivity index (χ1) is 7.74. The van der Waals surface area contributed by atoms with Crippen molar-refractivity contribution < 1.29 is 4.42 Å². The summed E-state index contributed by atoms with van der Waals surface area (Å²) in [5.74, 6) is 1.95. The van der Waals surface area contributed by atoms with Crippen LogP contribution in [0.3, 0.4) is 0 Å². The molecule has 2 aromatic heterocycles. The molecular formula is C12H14ClNOS. The molecule has 0 saturated carbocycles. The Labute approximate surface area is 104 Å². The normalized spacial score (nSPS) is 12.9. The van der Waals surface area contributed by atoms with Gasteiger partial charge >= 0.3 is 0 Å². The maximum absolute atomic E-state index is 5.94. The fraction of sp³-hybridized carbons (Fsp3) is 0.333. The minimum Gasteiger partial charge on any atom is -0.464 e. The standard InChI is InChI=1S/C12H14ClNOS/c1-3-8-4-5-9(15-8)12(14-2)10-6-7-11(13)16-10/h4-7,12,14H,3H2,1-2H3. The van der Waals surface area contributed by atoms with Crippen molar-refractivity contribution in [1.29, 1.82) is 0 Å². The molecule has 1 unspecified atom stereocenters. The van der Waals surface area contributed by atoms with E-state index in [1.54, 1.807) is 11.3 Å². The fourth-order valence-corrected chi connectivity index (χ4v) is 2.83. The van der Waals surface area contributed by atoms with Gasteiger partial charge in [-0.25, -0.2) is 0 Å². The molecule has 0 aliphatic heterocycles. The minimum atomic E-state index is 0.0952. The average molecular weight is 256 g/mol. The highest BCUT2D eigenvalue weighted by Crippen LogP contribution is 2.31. The van der Waals surface area contributed by atoms with Gasteiger partial charge < -0.3 is 9.73 Å². The van der Waals surface area contributed by atoms with Gasteiger partial charge in [0.1, 0.15) is 17.6 Å². The van der Waals surface area contributed by atoms with Gasteiger partial charge in [-0.1, -0.05) is 18.5 Å². The lowest BCUT2D eigenvalue weighted by atomic mass is 10.2. The Kier molecular flexibility index (Phi) is 3.69. The number of nitrogens with one attached hydrogen (secondary N) is 1. The molecule has 86 valence electrons. The van der Waals surface area contributed by atoms with E-state index in [2.05, 4.69) is 12.2 Å². The summed E-state index contributed by atoms with van der Waals surface area (Å²) in [7, 11) is 1.92. The van der Waals surface area contributed by atoms with Crippen molar-refractivity contribution in [3.05, 3.63) is 45.0 Å². The third-order valence-electron chi connectivity index (χ3n) is 2.48. The molecule has 2 heterocycles. The van der Waals surface area contributed by atoms with Gasteiger partial charge in [-0.05, 0) is 31.3 Å². The Morgan fingerprint density at radius 2 is 2.19 bits per heavy atom. The second-order valence-corrected chi connectivity index (χ2v) is 5.27. The Bertz CT molecular complexity index is 463. The zero-order valence-corrected chi connectivity index (χ0v) is 10.9. The van der Waals surface area contributed by atoms with Crippen LogP contribution >= 0.6 is 22.9 Å². The summed E-state index contributed by atoms with van der Waals surface area (Å²) >= 11 is 7.52. The highest BCUT2D eigenvalue weighted by atomic mass is 35.5. The van der Waals surface area contributed by atoms with E-state index >= 15 is 0 Å². The number of hydrogen-bond acceptors (Lipinski definition) is 3. The topological polar surface area (TPSA) is 25.2 Å². The highest BCUT2D eigenvalue weighted by Gasteiger charge is 2.17. The summed E-state index contributed by atoms with van der Waals surface area (Å²) in [4.78, 5) is 1.17. The van der Waals surface area contributed by atoms with Crippen molar-refractivity contribution in [3.63, 3.8) is 0 Å². The Morgan fingerprint density at radius 1 is 1.38 bits per heavy atom. The molecule has 0 aromatic carbocycles. The second-order valence-electron chi connectivity index (χ2n) is 3.52. The molecule has 2 aromatic rings. The van der Waals surface area contributed by atoms with Crippen LogP contribution in [-0.4, -0.2) is 7.05 Å². The summed E-state index contributed by atoms with van der Waals surface area (Å²) in [6, 6.07) is 8.08. The molecule has 4 heteroatoms. The van der Waals surface area contributed by atoms with Crippen LogP contribution in [0.15, 0.2) is 28.7 Å². The Balaban J connectivity index is 2.28. The molecule has 16 heavy (non-hydrogen) atoms. The number of rotatable bonds is 4. The number of halogens is 1. The molecule has 0 saturated heterocycles. The maximum atomic E-state index is 5.94. The molecule has 0 bridgehead atoms. The molecular weight excluding hydrogens is 242 g/mol. The van der Waals surface area contributed by atoms with Crippen LogP contribution in [0.2, 0.25) is 4.34 Å². The highest BCUT2D eigenvalue weighted by molar-refractivity contribution is 7.16. The number of furan rings is 1. The fourth-order valence-electron chi connectivity index (χ4n) is 1.65. The molecule has 2 rings (SSSR count). The van der Waals surface area contributed by atoms with Gasteiger partial charge in [0.25, 0.3) is 0 Å². The molecule has 0 amide bonds. The van der Waals surface area contributed by atoms with E-state index in [-0.39, 0.29) is 6.04 Å². The molecule has 0 aliphatic carbocycles. The van der Waals surface area contributed by atoms with Crippen LogP contribution in [0.25, 0.3) is 0 Å². The van der Waals surface area contributed by atoms with E-state index in [1.807, 2.05) is 31.3 Å². The zero-order chi connectivity index (χ0) is 11.5. The summed E-state index contributed by atoms with van der Waals surface area (Å²) in [5, 5.41) is 3.24. The van der Waals surface area contributed by atoms with Crippen LogP contribution in [-0.2, 0) is 6.42 Å². The maximum Gasteiger partial charge on any atom is 0.126 e. The zero-order valence-electron chi connectivity index (χ0n) is 9.29. The first kappa shape index (κ1) is 11.7. The van der Waals surface area contributed by atoms with E-state index in [9.17, 15) is 0 Å². The Hall–Kier alpha value is -0.770. The number of hydrogen-bond donors (Lipinski definition) is 1. The van der Waals surface area contributed by atoms with E-state index in [0.29, 0.717) is 0 Å². The summed E-state index contributed by atoms with van der Waals surface area (Å²) in [6.45, 7) is 2.08. The van der Waals surface area contributed by atoms with Gasteiger partial charge in [-0.3, -0.25) is 0 Å². The lowest BCUT2D eigenvalue weighted by molar-refractivity contribution is 0.436. The molecule has 0 aliphatic rings. The quantitative estimate of drug-likeness (QED) is 0.897. The smallest absolute Gasteiger partial charge is 0.126 e. The predicted molar refractivity (Wildman–Crippen MR) is 68.3 cm³/mol. The summed E-state index contributed by atoms with van der Waals surface area (Å²) in [6.07, 6.45) is 0.918. The van der Waals surface area contributed by atoms with Crippen LogP contribution in [0.1, 0.15) is 29.4 Å². The number of aryl methyl sites for hydroxylation is 1. The monoisotopic (exact) mass is 255 g/mol. The van der Waals surface area contributed by atoms with Crippen LogP contribution in [0, 0.1) is 0 Å². The van der Waals surface area contributed by atoms with E-state index in [4.69, 9.17) is 16.0 Å². The second kappa shape index (κ2) is 5.04.